The molecule has 0 amide bonds. The Morgan fingerprint density at radius 3 is 2.43 bits per heavy atom. The number of carbonyl (C=O) groups is 1. The van der Waals surface area contributed by atoms with Gasteiger partial charge in [-0.05, 0) is 41.3 Å². The maximum Gasteiger partial charge on any atom is 0.150 e. The van der Waals surface area contributed by atoms with E-state index in [9.17, 15) is 4.79 Å². The van der Waals surface area contributed by atoms with Crippen LogP contribution in [0.2, 0.25) is 0 Å². The second-order valence-corrected chi connectivity index (χ2v) is 5.51. The van der Waals surface area contributed by atoms with Crippen molar-refractivity contribution in [2.24, 2.45) is 0 Å². The molecule has 3 aromatic carbocycles. The minimum Gasteiger partial charge on any atom is -0.489 e. The second kappa shape index (κ2) is 6.93. The molecule has 23 heavy (non-hydrogen) atoms. The molecule has 0 aliphatic rings. The molecule has 0 unspecified atom stereocenters. The van der Waals surface area contributed by atoms with Crippen LogP contribution in [0.1, 0.15) is 21.5 Å². The molecule has 0 aliphatic heterocycles. The highest BCUT2D eigenvalue weighted by Crippen LogP contribution is 2.28. The van der Waals surface area contributed by atoms with E-state index in [1.54, 1.807) is 0 Å². The molecule has 0 aliphatic carbocycles. The summed E-state index contributed by atoms with van der Waals surface area (Å²) in [4.78, 5) is 11.2. The lowest BCUT2D eigenvalue weighted by molar-refractivity contribution is 0.112. The Kier molecular flexibility index (Phi) is 4.53. The number of rotatable bonds is 5. The van der Waals surface area contributed by atoms with E-state index in [1.165, 1.54) is 0 Å². The number of aldehydes is 1. The normalized spacial score (nSPS) is 10.3. The van der Waals surface area contributed by atoms with Gasteiger partial charge >= 0.3 is 0 Å². The van der Waals surface area contributed by atoms with Crippen LogP contribution in [0, 0.1) is 6.92 Å². The van der Waals surface area contributed by atoms with Gasteiger partial charge in [-0.1, -0.05) is 60.7 Å². The van der Waals surface area contributed by atoms with Gasteiger partial charge in [-0.25, -0.2) is 0 Å². The first-order valence-corrected chi connectivity index (χ1v) is 7.59. The molecule has 2 nitrogen and oxygen atoms in total. The lowest BCUT2D eigenvalue weighted by atomic mass is 9.98. The maximum absolute atomic E-state index is 11.2. The van der Waals surface area contributed by atoms with E-state index in [4.69, 9.17) is 4.74 Å². The van der Waals surface area contributed by atoms with E-state index in [-0.39, 0.29) is 0 Å². The largest absolute Gasteiger partial charge is 0.489 e. The van der Waals surface area contributed by atoms with Gasteiger partial charge in [0.15, 0.2) is 6.29 Å². The van der Waals surface area contributed by atoms with Gasteiger partial charge in [-0.3, -0.25) is 4.79 Å². The van der Waals surface area contributed by atoms with Crippen LogP contribution in [-0.2, 0) is 6.61 Å². The third-order valence-corrected chi connectivity index (χ3v) is 3.70. The summed E-state index contributed by atoms with van der Waals surface area (Å²) in [6.07, 6.45) is 0.891. The smallest absolute Gasteiger partial charge is 0.150 e. The zero-order valence-corrected chi connectivity index (χ0v) is 13.0. The van der Waals surface area contributed by atoms with E-state index >= 15 is 0 Å². The minimum atomic E-state index is 0.527. The van der Waals surface area contributed by atoms with Crippen molar-refractivity contribution in [3.63, 3.8) is 0 Å². The molecule has 0 saturated heterocycles. The van der Waals surface area contributed by atoms with Gasteiger partial charge in [0.05, 0.1) is 0 Å². The Bertz CT molecular complexity index is 807. The third kappa shape index (κ3) is 3.67. The van der Waals surface area contributed by atoms with Crippen LogP contribution in [0.15, 0.2) is 72.8 Å². The van der Waals surface area contributed by atoms with Crippen LogP contribution in [0.3, 0.4) is 0 Å². The summed E-state index contributed by atoms with van der Waals surface area (Å²) in [7, 11) is 0. The van der Waals surface area contributed by atoms with Gasteiger partial charge in [0.2, 0.25) is 0 Å². The van der Waals surface area contributed by atoms with Gasteiger partial charge in [-0.15, -0.1) is 0 Å². The predicted octanol–water partition coefficient (Wildman–Crippen LogP) is 5.05. The Morgan fingerprint density at radius 2 is 1.65 bits per heavy atom. The van der Waals surface area contributed by atoms with Gasteiger partial charge in [0, 0.05) is 5.56 Å². The number of carbonyl (C=O) groups excluding carboxylic acids is 1. The van der Waals surface area contributed by atoms with Crippen molar-refractivity contribution < 1.29 is 9.53 Å². The molecule has 0 atom stereocenters. The molecule has 0 saturated carbocycles. The summed E-state index contributed by atoms with van der Waals surface area (Å²) in [5.74, 6) is 0.810. The molecular formula is C21H18O2. The fourth-order valence-corrected chi connectivity index (χ4v) is 2.59. The van der Waals surface area contributed by atoms with Gasteiger partial charge in [0.1, 0.15) is 12.4 Å². The fourth-order valence-electron chi connectivity index (χ4n) is 2.59. The monoisotopic (exact) mass is 302 g/mol. The van der Waals surface area contributed by atoms with Crippen LogP contribution < -0.4 is 4.74 Å². The topological polar surface area (TPSA) is 26.3 Å². The highest BCUT2D eigenvalue weighted by atomic mass is 16.5. The first-order valence-electron chi connectivity index (χ1n) is 7.59. The van der Waals surface area contributed by atoms with E-state index in [2.05, 4.69) is 6.07 Å². The molecule has 0 bridgehead atoms. The Labute approximate surface area is 136 Å². The summed E-state index contributed by atoms with van der Waals surface area (Å²) in [5, 5.41) is 0. The number of hydrogen-bond acceptors (Lipinski definition) is 2. The molecule has 0 N–H and O–H groups in total. The Hall–Kier alpha value is -2.87. The van der Waals surface area contributed by atoms with Crippen molar-refractivity contribution in [1.29, 1.82) is 0 Å². The van der Waals surface area contributed by atoms with Crippen molar-refractivity contribution >= 4 is 6.29 Å². The van der Waals surface area contributed by atoms with Crippen LogP contribution in [-0.4, -0.2) is 6.29 Å². The number of hydrogen-bond donors (Lipinski definition) is 0. The Balaban J connectivity index is 1.89. The predicted molar refractivity (Wildman–Crippen MR) is 92.8 cm³/mol. The van der Waals surface area contributed by atoms with E-state index in [0.29, 0.717) is 12.2 Å². The van der Waals surface area contributed by atoms with Crippen molar-refractivity contribution in [3.05, 3.63) is 89.5 Å². The molecular weight excluding hydrogens is 284 g/mol. The van der Waals surface area contributed by atoms with Gasteiger partial charge in [0.25, 0.3) is 0 Å². The number of ether oxygens (including phenoxy) is 1. The zero-order valence-electron chi connectivity index (χ0n) is 13.0. The SMILES string of the molecule is Cc1cc(OCc2ccccc2)cc(-c2ccccc2C=O)c1. The zero-order chi connectivity index (χ0) is 16.1. The van der Waals surface area contributed by atoms with E-state index in [0.717, 1.165) is 34.3 Å². The van der Waals surface area contributed by atoms with Crippen LogP contribution in [0.25, 0.3) is 11.1 Å². The number of aryl methyl sites for hydroxylation is 1. The highest BCUT2D eigenvalue weighted by molar-refractivity contribution is 5.87. The quantitative estimate of drug-likeness (QED) is 0.616. The summed E-state index contributed by atoms with van der Waals surface area (Å²) in [6, 6.07) is 23.7. The fraction of sp³-hybridized carbons (Fsp3) is 0.0952. The molecule has 2 heteroatoms. The highest BCUT2D eigenvalue weighted by Gasteiger charge is 2.07. The van der Waals surface area contributed by atoms with Crippen molar-refractivity contribution in [3.8, 4) is 16.9 Å². The lowest BCUT2D eigenvalue weighted by Gasteiger charge is -2.11. The first kappa shape index (κ1) is 15.0. The average Bonchev–Trinajstić information content (AvgIpc) is 2.60. The first-order chi connectivity index (χ1) is 11.3. The van der Waals surface area contributed by atoms with Crippen LogP contribution in [0.4, 0.5) is 0 Å². The summed E-state index contributed by atoms with van der Waals surface area (Å²) < 4.78 is 5.92. The van der Waals surface area contributed by atoms with Gasteiger partial charge in [-0.2, -0.15) is 0 Å². The van der Waals surface area contributed by atoms with Crippen LogP contribution in [0.5, 0.6) is 5.75 Å². The molecule has 3 rings (SSSR count). The minimum absolute atomic E-state index is 0.527. The summed E-state index contributed by atoms with van der Waals surface area (Å²) >= 11 is 0. The molecule has 0 aromatic heterocycles. The molecule has 114 valence electrons. The molecule has 3 aromatic rings. The lowest BCUT2D eigenvalue weighted by Crippen LogP contribution is -1.96. The van der Waals surface area contributed by atoms with Crippen LogP contribution >= 0.6 is 0 Å². The third-order valence-electron chi connectivity index (χ3n) is 3.70. The van der Waals surface area contributed by atoms with E-state index in [1.807, 2.05) is 73.7 Å². The van der Waals surface area contributed by atoms with Crippen molar-refractivity contribution in [1.82, 2.24) is 0 Å². The average molecular weight is 302 g/mol. The molecule has 0 heterocycles. The maximum atomic E-state index is 11.2. The van der Waals surface area contributed by atoms with E-state index < -0.39 is 0 Å². The molecule has 0 fully saturated rings. The second-order valence-electron chi connectivity index (χ2n) is 5.51. The Morgan fingerprint density at radius 1 is 0.913 bits per heavy atom. The summed E-state index contributed by atoms with van der Waals surface area (Å²) in [6.45, 7) is 2.56. The number of benzene rings is 3. The standard InChI is InChI=1S/C21H18O2/c1-16-11-19(21-10-6-5-9-18(21)14-22)13-20(12-16)23-15-17-7-3-2-4-8-17/h2-14H,15H2,1H3. The van der Waals surface area contributed by atoms with Gasteiger partial charge < -0.3 is 4.74 Å². The van der Waals surface area contributed by atoms with Crippen molar-refractivity contribution in [2.45, 2.75) is 13.5 Å². The molecule has 0 radical (unpaired) electrons. The molecule has 0 spiro atoms. The van der Waals surface area contributed by atoms with Crippen molar-refractivity contribution in [2.75, 3.05) is 0 Å². The summed E-state index contributed by atoms with van der Waals surface area (Å²) in [5.41, 5.74) is 4.84.